The number of hydrogen-bond donors (Lipinski definition) is 2. The number of para-hydroxylation sites is 1. The first-order valence-electron chi connectivity index (χ1n) is 7.97. The first-order chi connectivity index (χ1) is 12.2. The number of carbonyl (C=O) groups is 1. The van der Waals surface area contributed by atoms with Gasteiger partial charge in [-0.2, -0.15) is 0 Å². The van der Waals surface area contributed by atoms with Crippen LogP contribution >= 0.6 is 0 Å². The predicted octanol–water partition coefficient (Wildman–Crippen LogP) is 3.10. The van der Waals surface area contributed by atoms with Gasteiger partial charge in [0.1, 0.15) is 11.6 Å². The molecule has 0 saturated carbocycles. The Labute approximate surface area is 144 Å². The molecule has 0 radical (unpaired) electrons. The Kier molecular flexibility index (Phi) is 5.30. The number of carbonyl (C=O) groups excluding carboxylic acids is 1. The first kappa shape index (κ1) is 17.0. The molecule has 0 saturated heterocycles. The summed E-state index contributed by atoms with van der Waals surface area (Å²) in [7, 11) is 1.61. The van der Waals surface area contributed by atoms with Crippen LogP contribution in [0.3, 0.4) is 0 Å². The van der Waals surface area contributed by atoms with E-state index in [4.69, 9.17) is 9.15 Å². The third kappa shape index (κ3) is 4.16. The van der Waals surface area contributed by atoms with Crippen LogP contribution in [0.15, 0.2) is 52.9 Å². The third-order valence-electron chi connectivity index (χ3n) is 3.77. The maximum absolute atomic E-state index is 12.8. The summed E-state index contributed by atoms with van der Waals surface area (Å²) in [5.41, 5.74) is 1.16. The number of rotatable bonds is 7. The van der Waals surface area contributed by atoms with Crippen molar-refractivity contribution in [2.75, 3.05) is 20.2 Å². The summed E-state index contributed by atoms with van der Waals surface area (Å²) in [6, 6.07) is 13.1. The monoisotopic (exact) mass is 342 g/mol. The van der Waals surface area contributed by atoms with Crippen molar-refractivity contribution in [1.82, 2.24) is 10.6 Å². The smallest absolute Gasteiger partial charge is 0.251 e. The number of benzene rings is 2. The number of halogens is 1. The van der Waals surface area contributed by atoms with E-state index in [9.17, 15) is 9.18 Å². The molecule has 6 heteroatoms. The largest absolute Gasteiger partial charge is 0.493 e. The Morgan fingerprint density at radius 2 is 1.96 bits per heavy atom. The number of methoxy groups -OCH3 is 1. The second-order valence-corrected chi connectivity index (χ2v) is 5.53. The Bertz CT molecular complexity index is 859. The van der Waals surface area contributed by atoms with Crippen molar-refractivity contribution < 1.29 is 18.3 Å². The van der Waals surface area contributed by atoms with Gasteiger partial charge < -0.3 is 19.8 Å². The topological polar surface area (TPSA) is 63.5 Å². The number of hydrogen-bond acceptors (Lipinski definition) is 4. The van der Waals surface area contributed by atoms with E-state index in [1.165, 1.54) is 24.3 Å². The minimum atomic E-state index is -0.360. The van der Waals surface area contributed by atoms with Gasteiger partial charge in [0.2, 0.25) is 0 Å². The maximum Gasteiger partial charge on any atom is 0.251 e. The highest BCUT2D eigenvalue weighted by Crippen LogP contribution is 2.28. The number of amides is 1. The molecule has 0 unspecified atom stereocenters. The summed E-state index contributed by atoms with van der Waals surface area (Å²) >= 11 is 0. The fourth-order valence-electron chi connectivity index (χ4n) is 2.52. The zero-order valence-corrected chi connectivity index (χ0v) is 13.8. The summed E-state index contributed by atoms with van der Waals surface area (Å²) in [6.45, 7) is 1.59. The van der Waals surface area contributed by atoms with Gasteiger partial charge in [-0.25, -0.2) is 4.39 Å². The fourth-order valence-corrected chi connectivity index (χ4v) is 2.52. The molecule has 3 rings (SSSR count). The normalized spacial score (nSPS) is 10.8. The molecule has 1 aromatic heterocycles. The fraction of sp³-hybridized carbons (Fsp3) is 0.211. The summed E-state index contributed by atoms with van der Waals surface area (Å²) in [5.74, 6) is 0.913. The SMILES string of the molecule is COc1cccc2cc(CNCCNC(=O)c3ccc(F)cc3)oc12. The highest BCUT2D eigenvalue weighted by molar-refractivity contribution is 5.94. The van der Waals surface area contributed by atoms with E-state index in [1.54, 1.807) is 7.11 Å². The summed E-state index contributed by atoms with van der Waals surface area (Å²) in [6.07, 6.45) is 0. The molecule has 0 aliphatic rings. The van der Waals surface area contributed by atoms with Crippen molar-refractivity contribution in [3.8, 4) is 5.75 Å². The second kappa shape index (κ2) is 7.81. The Morgan fingerprint density at radius 3 is 2.72 bits per heavy atom. The van der Waals surface area contributed by atoms with E-state index < -0.39 is 0 Å². The van der Waals surface area contributed by atoms with Crippen LogP contribution in [0.4, 0.5) is 4.39 Å². The average Bonchev–Trinajstić information content (AvgIpc) is 3.04. The van der Waals surface area contributed by atoms with Gasteiger partial charge >= 0.3 is 0 Å². The summed E-state index contributed by atoms with van der Waals surface area (Å²) < 4.78 is 23.9. The molecule has 0 atom stereocenters. The molecule has 5 nitrogen and oxygen atoms in total. The minimum Gasteiger partial charge on any atom is -0.493 e. The quantitative estimate of drug-likeness (QED) is 0.648. The van der Waals surface area contributed by atoms with E-state index in [2.05, 4.69) is 10.6 Å². The lowest BCUT2D eigenvalue weighted by Gasteiger charge is -2.06. The van der Waals surface area contributed by atoms with Crippen LogP contribution in [0.1, 0.15) is 16.1 Å². The van der Waals surface area contributed by atoms with Crippen LogP contribution < -0.4 is 15.4 Å². The molecule has 1 heterocycles. The molecule has 0 spiro atoms. The van der Waals surface area contributed by atoms with Crippen molar-refractivity contribution in [1.29, 1.82) is 0 Å². The van der Waals surface area contributed by atoms with Crippen LogP contribution in [0.2, 0.25) is 0 Å². The van der Waals surface area contributed by atoms with Gasteiger partial charge in [-0.3, -0.25) is 4.79 Å². The van der Waals surface area contributed by atoms with E-state index in [0.29, 0.717) is 30.9 Å². The van der Waals surface area contributed by atoms with Gasteiger partial charge in [-0.05, 0) is 36.4 Å². The van der Waals surface area contributed by atoms with Crippen molar-refractivity contribution in [2.45, 2.75) is 6.54 Å². The Morgan fingerprint density at radius 1 is 1.16 bits per heavy atom. The molecule has 0 aliphatic heterocycles. The van der Waals surface area contributed by atoms with Crippen LogP contribution in [0.5, 0.6) is 5.75 Å². The summed E-state index contributed by atoms with van der Waals surface area (Å²) in [5, 5.41) is 6.97. The minimum absolute atomic E-state index is 0.227. The van der Waals surface area contributed by atoms with E-state index in [-0.39, 0.29) is 11.7 Å². The third-order valence-corrected chi connectivity index (χ3v) is 3.77. The average molecular weight is 342 g/mol. The molecule has 0 fully saturated rings. The number of furan rings is 1. The molecule has 130 valence electrons. The van der Waals surface area contributed by atoms with Gasteiger partial charge in [-0.15, -0.1) is 0 Å². The molecular weight excluding hydrogens is 323 g/mol. The van der Waals surface area contributed by atoms with Crippen LogP contribution in [0, 0.1) is 5.82 Å². The Balaban J connectivity index is 1.45. The Hall–Kier alpha value is -2.86. The predicted molar refractivity (Wildman–Crippen MR) is 93.2 cm³/mol. The van der Waals surface area contributed by atoms with E-state index in [1.807, 2.05) is 24.3 Å². The van der Waals surface area contributed by atoms with E-state index >= 15 is 0 Å². The number of ether oxygens (including phenoxy) is 1. The molecule has 3 aromatic rings. The van der Waals surface area contributed by atoms with Gasteiger partial charge in [0, 0.05) is 24.0 Å². The highest BCUT2D eigenvalue weighted by atomic mass is 19.1. The van der Waals surface area contributed by atoms with Crippen LogP contribution in [-0.4, -0.2) is 26.1 Å². The van der Waals surface area contributed by atoms with Crippen molar-refractivity contribution >= 4 is 16.9 Å². The highest BCUT2D eigenvalue weighted by Gasteiger charge is 2.08. The zero-order chi connectivity index (χ0) is 17.6. The standard InChI is InChI=1S/C19H19FN2O3/c1-24-17-4-2-3-14-11-16(25-18(14)17)12-21-9-10-22-19(23)13-5-7-15(20)8-6-13/h2-8,11,21H,9-10,12H2,1H3,(H,22,23). The lowest BCUT2D eigenvalue weighted by molar-refractivity contribution is 0.0954. The van der Waals surface area contributed by atoms with Gasteiger partial charge in [0.15, 0.2) is 11.3 Å². The van der Waals surface area contributed by atoms with Crippen molar-refractivity contribution in [3.05, 3.63) is 65.7 Å². The molecule has 25 heavy (non-hydrogen) atoms. The lowest BCUT2D eigenvalue weighted by Crippen LogP contribution is -2.31. The molecule has 0 bridgehead atoms. The molecular formula is C19H19FN2O3. The lowest BCUT2D eigenvalue weighted by atomic mass is 10.2. The van der Waals surface area contributed by atoms with E-state index in [0.717, 1.165) is 16.7 Å². The molecule has 1 amide bonds. The molecule has 2 aromatic carbocycles. The van der Waals surface area contributed by atoms with Crippen LogP contribution in [-0.2, 0) is 6.54 Å². The second-order valence-electron chi connectivity index (χ2n) is 5.53. The molecule has 0 aliphatic carbocycles. The van der Waals surface area contributed by atoms with Crippen molar-refractivity contribution in [3.63, 3.8) is 0 Å². The van der Waals surface area contributed by atoms with Gasteiger partial charge in [0.05, 0.1) is 13.7 Å². The summed E-state index contributed by atoms with van der Waals surface area (Å²) in [4.78, 5) is 11.9. The van der Waals surface area contributed by atoms with Gasteiger partial charge in [-0.1, -0.05) is 12.1 Å². The zero-order valence-electron chi connectivity index (χ0n) is 13.8. The maximum atomic E-state index is 12.8. The molecule has 2 N–H and O–H groups in total. The number of nitrogens with one attached hydrogen (secondary N) is 2. The van der Waals surface area contributed by atoms with Crippen LogP contribution in [0.25, 0.3) is 11.0 Å². The first-order valence-corrected chi connectivity index (χ1v) is 7.97. The van der Waals surface area contributed by atoms with Gasteiger partial charge in [0.25, 0.3) is 5.91 Å². The number of fused-ring (bicyclic) bond motifs is 1. The van der Waals surface area contributed by atoms with Crippen molar-refractivity contribution in [2.24, 2.45) is 0 Å².